The van der Waals surface area contributed by atoms with Gasteiger partial charge in [-0.05, 0) is 29.7 Å². The molecule has 2 nitrogen and oxygen atoms in total. The molecule has 0 spiro atoms. The van der Waals surface area contributed by atoms with Crippen LogP contribution >= 0.6 is 0 Å². The van der Waals surface area contributed by atoms with E-state index in [4.69, 9.17) is 0 Å². The van der Waals surface area contributed by atoms with Gasteiger partial charge in [0, 0.05) is 17.7 Å². The highest BCUT2D eigenvalue weighted by Crippen LogP contribution is 2.24. The van der Waals surface area contributed by atoms with Crippen molar-refractivity contribution in [3.8, 4) is 0 Å². The second-order valence-electron chi connectivity index (χ2n) is 6.15. The minimum Gasteiger partial charge on any atom is -0.378 e. The molecular formula is C23H23NO. The van der Waals surface area contributed by atoms with Crippen LogP contribution in [0, 0.1) is 0 Å². The van der Waals surface area contributed by atoms with Crippen molar-refractivity contribution in [3.05, 3.63) is 102 Å². The van der Waals surface area contributed by atoms with Gasteiger partial charge in [-0.25, -0.2) is 0 Å². The molecule has 0 unspecified atom stereocenters. The van der Waals surface area contributed by atoms with E-state index in [1.165, 1.54) is 5.56 Å². The number of ketones is 1. The standard InChI is InChI=1S/C23H23NO/c1-2-18-13-15-20(16-14-18)23(25)17-22(19-9-5-3-6-10-19)24-21-11-7-4-8-12-21/h3-16,22,24H,2,17H2,1H3/t22-/m1/s1. The molecule has 1 atom stereocenters. The first-order valence-electron chi connectivity index (χ1n) is 8.75. The number of carbonyl (C=O) groups is 1. The van der Waals surface area contributed by atoms with Crippen LogP contribution in [0.5, 0.6) is 0 Å². The van der Waals surface area contributed by atoms with Gasteiger partial charge in [-0.3, -0.25) is 4.79 Å². The van der Waals surface area contributed by atoms with Crippen LogP contribution in [-0.2, 0) is 6.42 Å². The molecule has 0 heterocycles. The van der Waals surface area contributed by atoms with Crippen molar-refractivity contribution in [2.75, 3.05) is 5.32 Å². The summed E-state index contributed by atoms with van der Waals surface area (Å²) in [7, 11) is 0. The maximum Gasteiger partial charge on any atom is 0.165 e. The van der Waals surface area contributed by atoms with Gasteiger partial charge in [0.05, 0.1) is 6.04 Å². The van der Waals surface area contributed by atoms with Gasteiger partial charge >= 0.3 is 0 Å². The second-order valence-corrected chi connectivity index (χ2v) is 6.15. The fourth-order valence-electron chi connectivity index (χ4n) is 2.90. The van der Waals surface area contributed by atoms with Crippen LogP contribution in [0.1, 0.15) is 40.9 Å². The zero-order valence-electron chi connectivity index (χ0n) is 14.5. The molecule has 0 aromatic heterocycles. The van der Waals surface area contributed by atoms with E-state index in [2.05, 4.69) is 24.4 Å². The fourth-order valence-corrected chi connectivity index (χ4v) is 2.90. The SMILES string of the molecule is CCc1ccc(C(=O)C[C@@H](Nc2ccccc2)c2ccccc2)cc1. The van der Waals surface area contributed by atoms with Crippen LogP contribution in [-0.4, -0.2) is 5.78 Å². The highest BCUT2D eigenvalue weighted by molar-refractivity contribution is 5.96. The van der Waals surface area contributed by atoms with Crippen molar-refractivity contribution < 1.29 is 4.79 Å². The van der Waals surface area contributed by atoms with Crippen LogP contribution in [0.3, 0.4) is 0 Å². The third kappa shape index (κ3) is 4.57. The molecule has 3 aromatic carbocycles. The van der Waals surface area contributed by atoms with Crippen molar-refractivity contribution >= 4 is 11.5 Å². The van der Waals surface area contributed by atoms with Gasteiger partial charge in [-0.2, -0.15) is 0 Å². The maximum absolute atomic E-state index is 12.8. The molecule has 0 aliphatic rings. The summed E-state index contributed by atoms with van der Waals surface area (Å²) < 4.78 is 0. The molecule has 0 amide bonds. The van der Waals surface area contributed by atoms with Gasteiger partial charge in [0.15, 0.2) is 5.78 Å². The van der Waals surface area contributed by atoms with E-state index >= 15 is 0 Å². The molecule has 126 valence electrons. The number of benzene rings is 3. The molecule has 0 radical (unpaired) electrons. The zero-order chi connectivity index (χ0) is 17.5. The Kier molecular flexibility index (Phi) is 5.63. The number of Topliss-reactive ketones (excluding diaryl/α,β-unsaturated/α-hetero) is 1. The van der Waals surface area contributed by atoms with Crippen molar-refractivity contribution in [2.24, 2.45) is 0 Å². The van der Waals surface area contributed by atoms with Crippen LogP contribution in [0.4, 0.5) is 5.69 Å². The summed E-state index contributed by atoms with van der Waals surface area (Å²) in [6.45, 7) is 2.12. The Morgan fingerprint density at radius 2 is 1.44 bits per heavy atom. The van der Waals surface area contributed by atoms with Crippen LogP contribution in [0.25, 0.3) is 0 Å². The Labute approximate surface area is 149 Å². The lowest BCUT2D eigenvalue weighted by atomic mass is 9.97. The van der Waals surface area contributed by atoms with Crippen molar-refractivity contribution in [1.82, 2.24) is 0 Å². The monoisotopic (exact) mass is 329 g/mol. The number of rotatable bonds is 7. The first-order chi connectivity index (χ1) is 12.3. The molecule has 0 aliphatic heterocycles. The number of hydrogen-bond acceptors (Lipinski definition) is 2. The molecule has 25 heavy (non-hydrogen) atoms. The molecular weight excluding hydrogens is 306 g/mol. The Morgan fingerprint density at radius 3 is 2.04 bits per heavy atom. The Bertz CT molecular complexity index is 795. The number of hydrogen-bond donors (Lipinski definition) is 1. The molecule has 0 bridgehead atoms. The van der Waals surface area contributed by atoms with Gasteiger partial charge in [0.1, 0.15) is 0 Å². The number of carbonyl (C=O) groups excluding carboxylic acids is 1. The second kappa shape index (κ2) is 8.29. The summed E-state index contributed by atoms with van der Waals surface area (Å²) in [5.74, 6) is 0.153. The molecule has 0 saturated carbocycles. The normalized spacial score (nSPS) is 11.7. The number of anilines is 1. The lowest BCUT2D eigenvalue weighted by Gasteiger charge is -2.20. The van der Waals surface area contributed by atoms with Gasteiger partial charge in [0.25, 0.3) is 0 Å². The predicted octanol–water partition coefficient (Wildman–Crippen LogP) is 5.68. The van der Waals surface area contributed by atoms with E-state index in [-0.39, 0.29) is 11.8 Å². The predicted molar refractivity (Wildman–Crippen MR) is 104 cm³/mol. The highest BCUT2D eigenvalue weighted by atomic mass is 16.1. The largest absolute Gasteiger partial charge is 0.378 e. The topological polar surface area (TPSA) is 29.1 Å². The van der Waals surface area contributed by atoms with E-state index in [1.54, 1.807) is 0 Å². The summed E-state index contributed by atoms with van der Waals surface area (Å²) >= 11 is 0. The molecule has 0 saturated heterocycles. The average Bonchev–Trinajstić information content (AvgIpc) is 2.69. The van der Waals surface area contributed by atoms with Gasteiger partial charge in [-0.15, -0.1) is 0 Å². The van der Waals surface area contributed by atoms with Gasteiger partial charge in [-0.1, -0.05) is 79.7 Å². The first-order valence-corrected chi connectivity index (χ1v) is 8.75. The number of nitrogens with one attached hydrogen (secondary N) is 1. The Morgan fingerprint density at radius 1 is 0.840 bits per heavy atom. The minimum absolute atomic E-state index is 0.0537. The summed E-state index contributed by atoms with van der Waals surface area (Å²) in [6, 6.07) is 28.1. The Balaban J connectivity index is 1.80. The molecule has 3 rings (SSSR count). The van der Waals surface area contributed by atoms with E-state index < -0.39 is 0 Å². The fraction of sp³-hybridized carbons (Fsp3) is 0.174. The molecule has 2 heteroatoms. The summed E-state index contributed by atoms with van der Waals surface area (Å²) in [5, 5.41) is 3.50. The lowest BCUT2D eigenvalue weighted by molar-refractivity contribution is 0.0976. The zero-order valence-corrected chi connectivity index (χ0v) is 14.5. The smallest absolute Gasteiger partial charge is 0.165 e. The first kappa shape index (κ1) is 17.0. The summed E-state index contributed by atoms with van der Waals surface area (Å²) in [6.07, 6.45) is 1.40. The van der Waals surface area contributed by atoms with Crippen molar-refractivity contribution in [2.45, 2.75) is 25.8 Å². The number of aryl methyl sites for hydroxylation is 1. The van der Waals surface area contributed by atoms with E-state index in [0.717, 1.165) is 23.2 Å². The average molecular weight is 329 g/mol. The van der Waals surface area contributed by atoms with Gasteiger partial charge < -0.3 is 5.32 Å². The lowest BCUT2D eigenvalue weighted by Crippen LogP contribution is -2.15. The molecule has 1 N–H and O–H groups in total. The quantitative estimate of drug-likeness (QED) is 0.565. The van der Waals surface area contributed by atoms with Crippen LogP contribution < -0.4 is 5.32 Å². The summed E-state index contributed by atoms with van der Waals surface area (Å²) in [4.78, 5) is 12.8. The van der Waals surface area contributed by atoms with Crippen LogP contribution in [0.15, 0.2) is 84.9 Å². The number of para-hydroxylation sites is 1. The van der Waals surface area contributed by atoms with Gasteiger partial charge in [0.2, 0.25) is 0 Å². The van der Waals surface area contributed by atoms with E-state index in [1.807, 2.05) is 72.8 Å². The van der Waals surface area contributed by atoms with Crippen LogP contribution in [0.2, 0.25) is 0 Å². The highest BCUT2D eigenvalue weighted by Gasteiger charge is 2.17. The van der Waals surface area contributed by atoms with E-state index in [9.17, 15) is 4.79 Å². The third-order valence-electron chi connectivity index (χ3n) is 4.39. The van der Waals surface area contributed by atoms with E-state index in [0.29, 0.717) is 6.42 Å². The maximum atomic E-state index is 12.8. The van der Waals surface area contributed by atoms with Crippen molar-refractivity contribution in [1.29, 1.82) is 0 Å². The Hall–Kier alpha value is -2.87. The molecule has 3 aromatic rings. The molecule has 0 fully saturated rings. The molecule has 0 aliphatic carbocycles. The minimum atomic E-state index is -0.0537. The van der Waals surface area contributed by atoms with Crippen molar-refractivity contribution in [3.63, 3.8) is 0 Å². The summed E-state index contributed by atoms with van der Waals surface area (Å²) in [5.41, 5.74) is 4.15. The third-order valence-corrected chi connectivity index (χ3v) is 4.39.